The summed E-state index contributed by atoms with van der Waals surface area (Å²) in [5.74, 6) is 1.87. The van der Waals surface area contributed by atoms with Crippen LogP contribution in [0.3, 0.4) is 0 Å². The lowest BCUT2D eigenvalue weighted by molar-refractivity contribution is 0.487. The molecule has 5 heteroatoms. The summed E-state index contributed by atoms with van der Waals surface area (Å²) in [6.45, 7) is 6.59. The van der Waals surface area contributed by atoms with Gasteiger partial charge in [-0.3, -0.25) is 8.97 Å². The van der Waals surface area contributed by atoms with E-state index in [0.717, 1.165) is 22.8 Å². The largest absolute Gasteiger partial charge is 0.458 e. The molecule has 0 saturated carbocycles. The summed E-state index contributed by atoms with van der Waals surface area (Å²) >= 11 is 0. The lowest BCUT2D eigenvalue weighted by Gasteiger charge is -2.32. The highest BCUT2D eigenvalue weighted by atomic mass is 16.5. The topological polar surface area (TPSA) is 31.7 Å². The van der Waals surface area contributed by atoms with E-state index < -0.39 is 0 Å². The Bertz CT molecular complexity index is 2460. The second kappa shape index (κ2) is 6.81. The molecule has 188 valence electrons. The number of fused-ring (bicyclic) bond motifs is 14. The van der Waals surface area contributed by atoms with Gasteiger partial charge in [-0.25, -0.2) is 0 Å². The molecule has 0 spiro atoms. The van der Waals surface area contributed by atoms with E-state index in [1.54, 1.807) is 0 Å². The van der Waals surface area contributed by atoms with Gasteiger partial charge in [-0.2, -0.15) is 0 Å². The standard InChI is InChI=1S/C35H23BN2O2/c1-18-14-20(3)33-25(16-18)38-34-32(30-29-22-9-5-4-8-21(22)12-13-27(29)40-35(30)38)36-23-10-6-7-11-26(23)39-28-17-19(2)15-24(31(28)36)37(33)34/h4-17H,1-3H3. The van der Waals surface area contributed by atoms with Crippen molar-refractivity contribution in [1.82, 2.24) is 8.97 Å². The molecule has 2 aliphatic rings. The van der Waals surface area contributed by atoms with Gasteiger partial charge >= 0.3 is 0 Å². The fourth-order valence-corrected chi connectivity index (χ4v) is 7.74. The first-order valence-corrected chi connectivity index (χ1v) is 13.9. The van der Waals surface area contributed by atoms with Crippen molar-refractivity contribution in [2.75, 3.05) is 0 Å². The van der Waals surface area contributed by atoms with Gasteiger partial charge in [-0.05, 0) is 95.0 Å². The molecule has 10 rings (SSSR count). The van der Waals surface area contributed by atoms with E-state index in [4.69, 9.17) is 9.15 Å². The minimum absolute atomic E-state index is 0.0287. The number of benzene rings is 5. The minimum Gasteiger partial charge on any atom is -0.458 e. The average molecular weight is 514 g/mol. The molecule has 0 saturated heterocycles. The molecule has 0 fully saturated rings. The highest BCUT2D eigenvalue weighted by molar-refractivity contribution is 7.00. The third kappa shape index (κ3) is 2.29. The van der Waals surface area contributed by atoms with Crippen LogP contribution in [0.4, 0.5) is 0 Å². The van der Waals surface area contributed by atoms with Gasteiger partial charge in [-0.1, -0.05) is 54.6 Å². The summed E-state index contributed by atoms with van der Waals surface area (Å²) in [6, 6.07) is 30.6. The number of para-hydroxylation sites is 1. The lowest BCUT2D eigenvalue weighted by Crippen LogP contribution is -2.58. The molecule has 0 atom stereocenters. The van der Waals surface area contributed by atoms with Crippen LogP contribution in [0.1, 0.15) is 16.7 Å². The predicted octanol–water partition coefficient (Wildman–Crippen LogP) is 6.80. The maximum absolute atomic E-state index is 6.86. The molecule has 4 nitrogen and oxygen atoms in total. The molecule has 0 unspecified atom stereocenters. The fraction of sp³-hybridized carbons (Fsp3) is 0.0857. The highest BCUT2D eigenvalue weighted by Gasteiger charge is 2.44. The van der Waals surface area contributed by atoms with Crippen molar-refractivity contribution in [1.29, 1.82) is 0 Å². The van der Waals surface area contributed by atoms with E-state index in [1.807, 2.05) is 0 Å². The van der Waals surface area contributed by atoms with Crippen molar-refractivity contribution < 1.29 is 9.15 Å². The quantitative estimate of drug-likeness (QED) is 0.209. The molecule has 3 aromatic heterocycles. The van der Waals surface area contributed by atoms with Gasteiger partial charge in [-0.15, -0.1) is 0 Å². The van der Waals surface area contributed by atoms with Crippen LogP contribution in [0, 0.1) is 20.8 Å². The van der Waals surface area contributed by atoms with E-state index in [2.05, 4.69) is 115 Å². The first-order valence-electron chi connectivity index (χ1n) is 13.9. The SMILES string of the molecule is Cc1cc2c3c(c1)-n1c4c(C)cc(C)cc4n4c5oc6ccc7ccccc7c6c5c(c14)B3c1ccccc1O2. The van der Waals surface area contributed by atoms with E-state index in [1.165, 1.54) is 77.0 Å². The average Bonchev–Trinajstić information content (AvgIpc) is 3.59. The van der Waals surface area contributed by atoms with Crippen molar-refractivity contribution in [3.05, 3.63) is 102 Å². The fourth-order valence-electron chi connectivity index (χ4n) is 7.74. The molecular formula is C35H23BN2O2. The monoisotopic (exact) mass is 514 g/mol. The molecule has 5 aromatic carbocycles. The number of hydrogen-bond acceptors (Lipinski definition) is 2. The van der Waals surface area contributed by atoms with Gasteiger partial charge in [0.05, 0.1) is 11.0 Å². The second-order valence-electron chi connectivity index (χ2n) is 11.6. The summed E-state index contributed by atoms with van der Waals surface area (Å²) in [5.41, 5.74) is 14.1. The Balaban J connectivity index is 1.55. The Kier molecular flexibility index (Phi) is 3.57. The third-order valence-corrected chi connectivity index (χ3v) is 9.12. The smallest absolute Gasteiger partial charge is 0.259 e. The van der Waals surface area contributed by atoms with Crippen molar-refractivity contribution in [2.45, 2.75) is 20.8 Å². The van der Waals surface area contributed by atoms with Crippen molar-refractivity contribution in [2.24, 2.45) is 0 Å². The number of ether oxygens (including phenoxy) is 1. The van der Waals surface area contributed by atoms with Gasteiger partial charge in [0.2, 0.25) is 5.71 Å². The normalized spacial score (nSPS) is 13.5. The van der Waals surface area contributed by atoms with Gasteiger partial charge in [0.15, 0.2) is 0 Å². The van der Waals surface area contributed by atoms with Crippen LogP contribution in [-0.2, 0) is 0 Å². The van der Waals surface area contributed by atoms with Crippen LogP contribution in [0.25, 0.3) is 55.2 Å². The molecular weight excluding hydrogens is 491 g/mol. The van der Waals surface area contributed by atoms with Crippen LogP contribution < -0.4 is 21.1 Å². The summed E-state index contributed by atoms with van der Waals surface area (Å²) in [7, 11) is 0. The Morgan fingerprint density at radius 1 is 0.725 bits per heavy atom. The second-order valence-corrected chi connectivity index (χ2v) is 11.6. The number of aryl methyl sites for hydroxylation is 3. The van der Waals surface area contributed by atoms with Crippen LogP contribution in [0.2, 0.25) is 0 Å². The molecule has 8 aromatic rings. The minimum atomic E-state index is 0.0287. The molecule has 40 heavy (non-hydrogen) atoms. The zero-order chi connectivity index (χ0) is 26.4. The summed E-state index contributed by atoms with van der Waals surface area (Å²) in [5, 5.41) is 4.84. The van der Waals surface area contributed by atoms with Crippen LogP contribution >= 0.6 is 0 Å². The number of furan rings is 1. The third-order valence-electron chi connectivity index (χ3n) is 9.12. The number of hydrogen-bond donors (Lipinski definition) is 0. The van der Waals surface area contributed by atoms with Crippen molar-refractivity contribution in [3.8, 4) is 17.2 Å². The van der Waals surface area contributed by atoms with Gasteiger partial charge < -0.3 is 9.15 Å². The summed E-state index contributed by atoms with van der Waals surface area (Å²) < 4.78 is 18.4. The molecule has 0 aliphatic carbocycles. The van der Waals surface area contributed by atoms with Crippen LogP contribution in [0.15, 0.2) is 89.3 Å². The summed E-state index contributed by atoms with van der Waals surface area (Å²) in [4.78, 5) is 0. The first kappa shape index (κ1) is 21.0. The maximum atomic E-state index is 6.86. The van der Waals surface area contributed by atoms with E-state index in [0.29, 0.717) is 0 Å². The Morgan fingerprint density at radius 2 is 1.55 bits per heavy atom. The summed E-state index contributed by atoms with van der Waals surface area (Å²) in [6.07, 6.45) is 0. The number of imidazole rings is 1. The van der Waals surface area contributed by atoms with Gasteiger partial charge in [0.1, 0.15) is 22.7 Å². The van der Waals surface area contributed by atoms with Crippen LogP contribution in [-0.4, -0.2) is 15.7 Å². The lowest BCUT2D eigenvalue weighted by atomic mass is 9.34. The molecule has 0 N–H and O–H groups in total. The number of aromatic nitrogens is 2. The Morgan fingerprint density at radius 3 is 2.48 bits per heavy atom. The van der Waals surface area contributed by atoms with E-state index >= 15 is 0 Å². The van der Waals surface area contributed by atoms with E-state index in [9.17, 15) is 0 Å². The maximum Gasteiger partial charge on any atom is 0.259 e. The Labute approximate surface area is 230 Å². The zero-order valence-electron chi connectivity index (χ0n) is 22.4. The molecule has 0 amide bonds. The number of nitrogens with zero attached hydrogens (tertiary/aromatic N) is 2. The van der Waals surface area contributed by atoms with Gasteiger partial charge in [0, 0.05) is 16.5 Å². The van der Waals surface area contributed by atoms with Crippen LogP contribution in [0.5, 0.6) is 11.5 Å². The molecule has 5 heterocycles. The molecule has 2 aliphatic heterocycles. The predicted molar refractivity (Wildman–Crippen MR) is 164 cm³/mol. The molecule has 0 radical (unpaired) electrons. The van der Waals surface area contributed by atoms with Crippen molar-refractivity contribution in [3.63, 3.8) is 0 Å². The highest BCUT2D eigenvalue weighted by Crippen LogP contribution is 2.42. The Hall–Kier alpha value is -4.90. The van der Waals surface area contributed by atoms with Crippen molar-refractivity contribution >= 4 is 72.6 Å². The molecule has 0 bridgehead atoms. The zero-order valence-corrected chi connectivity index (χ0v) is 22.4. The first-order chi connectivity index (χ1) is 19.6. The van der Waals surface area contributed by atoms with Gasteiger partial charge in [0.25, 0.3) is 6.71 Å². The van der Waals surface area contributed by atoms with E-state index in [-0.39, 0.29) is 6.71 Å². The number of rotatable bonds is 0.